The molecule has 0 aliphatic heterocycles. The summed E-state index contributed by atoms with van der Waals surface area (Å²) in [5.74, 6) is 0.0986. The van der Waals surface area contributed by atoms with Crippen LogP contribution in [-0.4, -0.2) is 20.6 Å². The zero-order chi connectivity index (χ0) is 15.1. The number of nitrogens with zero attached hydrogens (tertiary/aromatic N) is 2. The zero-order valence-electron chi connectivity index (χ0n) is 12.8. The van der Waals surface area contributed by atoms with E-state index in [4.69, 9.17) is 0 Å². The van der Waals surface area contributed by atoms with Crippen LogP contribution in [0.3, 0.4) is 0 Å². The summed E-state index contributed by atoms with van der Waals surface area (Å²) < 4.78 is 2.00. The Balaban J connectivity index is 2.48. The van der Waals surface area contributed by atoms with Gasteiger partial charge in [-0.25, -0.2) is 4.98 Å². The highest BCUT2D eigenvalue weighted by Gasteiger charge is 2.38. The number of aliphatic carboxylic acids is 1. The number of hydrogen-bond acceptors (Lipinski definition) is 2. The summed E-state index contributed by atoms with van der Waals surface area (Å²) in [6, 6.07) is 6.12. The van der Waals surface area contributed by atoms with E-state index in [1.807, 2.05) is 50.6 Å². The van der Waals surface area contributed by atoms with E-state index in [1.165, 1.54) is 0 Å². The van der Waals surface area contributed by atoms with Gasteiger partial charge in [0.15, 0.2) is 0 Å². The Morgan fingerprint density at radius 3 is 2.65 bits per heavy atom. The standard InChI is InChI=1S/C16H22N2O2/c1-10(2)16(4,15(19)20)9-14-17-12-8-11(3)6-7-13(12)18(14)5/h6-8,10H,9H2,1-5H3,(H,19,20). The molecule has 1 aromatic carbocycles. The lowest BCUT2D eigenvalue weighted by Gasteiger charge is -2.28. The third-order valence-corrected chi connectivity index (χ3v) is 4.42. The van der Waals surface area contributed by atoms with Gasteiger partial charge >= 0.3 is 5.97 Å². The van der Waals surface area contributed by atoms with Crippen LogP contribution in [0.25, 0.3) is 11.0 Å². The van der Waals surface area contributed by atoms with Gasteiger partial charge in [0.1, 0.15) is 5.82 Å². The number of imidazole rings is 1. The molecule has 1 N–H and O–H groups in total. The predicted octanol–water partition coefficient (Wildman–Crippen LogP) is 3.17. The molecule has 0 fully saturated rings. The average molecular weight is 274 g/mol. The Kier molecular flexibility index (Phi) is 3.59. The van der Waals surface area contributed by atoms with Gasteiger partial charge in [-0.05, 0) is 37.5 Å². The first-order valence-electron chi connectivity index (χ1n) is 6.91. The summed E-state index contributed by atoms with van der Waals surface area (Å²) in [5, 5.41) is 9.54. The van der Waals surface area contributed by atoms with Crippen molar-refractivity contribution in [3.63, 3.8) is 0 Å². The summed E-state index contributed by atoms with van der Waals surface area (Å²) in [5.41, 5.74) is 2.33. The van der Waals surface area contributed by atoms with Crippen molar-refractivity contribution in [2.45, 2.75) is 34.1 Å². The molecule has 1 atom stereocenters. The number of aryl methyl sites for hydroxylation is 2. The molecule has 1 aromatic heterocycles. The van der Waals surface area contributed by atoms with Crippen molar-refractivity contribution in [2.24, 2.45) is 18.4 Å². The van der Waals surface area contributed by atoms with Gasteiger partial charge in [-0.15, -0.1) is 0 Å². The third-order valence-electron chi connectivity index (χ3n) is 4.42. The molecule has 2 aromatic rings. The lowest BCUT2D eigenvalue weighted by Crippen LogP contribution is -2.36. The summed E-state index contributed by atoms with van der Waals surface area (Å²) in [6.07, 6.45) is 0.435. The van der Waals surface area contributed by atoms with Crippen molar-refractivity contribution < 1.29 is 9.90 Å². The van der Waals surface area contributed by atoms with Gasteiger partial charge in [-0.1, -0.05) is 19.9 Å². The van der Waals surface area contributed by atoms with Gasteiger partial charge in [-0.2, -0.15) is 0 Å². The highest BCUT2D eigenvalue weighted by atomic mass is 16.4. The fourth-order valence-corrected chi connectivity index (χ4v) is 2.37. The maximum atomic E-state index is 11.6. The van der Waals surface area contributed by atoms with Crippen LogP contribution in [-0.2, 0) is 18.3 Å². The van der Waals surface area contributed by atoms with Crippen molar-refractivity contribution in [3.05, 3.63) is 29.6 Å². The number of benzene rings is 1. The SMILES string of the molecule is Cc1ccc2c(c1)nc(CC(C)(C(=O)O)C(C)C)n2C. The first kappa shape index (κ1) is 14.6. The minimum atomic E-state index is -0.801. The Morgan fingerprint density at radius 1 is 1.45 bits per heavy atom. The Labute approximate surface area is 119 Å². The predicted molar refractivity (Wildman–Crippen MR) is 79.7 cm³/mol. The molecule has 0 radical (unpaired) electrons. The Hall–Kier alpha value is -1.84. The van der Waals surface area contributed by atoms with Crippen molar-refractivity contribution in [3.8, 4) is 0 Å². The topological polar surface area (TPSA) is 55.1 Å². The van der Waals surface area contributed by atoms with E-state index in [0.717, 1.165) is 22.4 Å². The van der Waals surface area contributed by atoms with E-state index in [-0.39, 0.29) is 5.92 Å². The highest BCUT2D eigenvalue weighted by Crippen LogP contribution is 2.32. The van der Waals surface area contributed by atoms with Gasteiger partial charge in [0.2, 0.25) is 0 Å². The Morgan fingerprint density at radius 2 is 2.10 bits per heavy atom. The number of hydrogen-bond donors (Lipinski definition) is 1. The second-order valence-corrected chi connectivity index (χ2v) is 6.13. The van der Waals surface area contributed by atoms with Crippen LogP contribution in [0.4, 0.5) is 0 Å². The normalized spacial score (nSPS) is 14.7. The van der Waals surface area contributed by atoms with Gasteiger partial charge in [0.05, 0.1) is 16.4 Å². The van der Waals surface area contributed by atoms with Crippen LogP contribution in [0, 0.1) is 18.3 Å². The number of carboxylic acid groups (broad SMARTS) is 1. The number of aromatic nitrogens is 2. The number of carboxylic acids is 1. The molecule has 0 spiro atoms. The second kappa shape index (κ2) is 4.93. The van der Waals surface area contributed by atoms with E-state index in [9.17, 15) is 9.90 Å². The summed E-state index contributed by atoms with van der Waals surface area (Å²) in [6.45, 7) is 7.72. The number of carbonyl (C=O) groups is 1. The smallest absolute Gasteiger partial charge is 0.310 e. The molecule has 20 heavy (non-hydrogen) atoms. The first-order chi connectivity index (χ1) is 9.25. The maximum absolute atomic E-state index is 11.6. The lowest BCUT2D eigenvalue weighted by atomic mass is 9.76. The van der Waals surface area contributed by atoms with E-state index in [1.54, 1.807) is 6.92 Å². The van der Waals surface area contributed by atoms with Crippen LogP contribution >= 0.6 is 0 Å². The minimum Gasteiger partial charge on any atom is -0.481 e. The van der Waals surface area contributed by atoms with Crippen LogP contribution in [0.15, 0.2) is 18.2 Å². The summed E-state index contributed by atoms with van der Waals surface area (Å²) in [7, 11) is 1.95. The fourth-order valence-electron chi connectivity index (χ4n) is 2.37. The summed E-state index contributed by atoms with van der Waals surface area (Å²) >= 11 is 0. The van der Waals surface area contributed by atoms with Gasteiger partial charge in [-0.3, -0.25) is 4.79 Å². The molecule has 108 valence electrons. The molecule has 0 saturated heterocycles. The van der Waals surface area contributed by atoms with Crippen molar-refractivity contribution in [1.29, 1.82) is 0 Å². The van der Waals surface area contributed by atoms with Crippen LogP contribution in [0.1, 0.15) is 32.2 Å². The van der Waals surface area contributed by atoms with Crippen molar-refractivity contribution >= 4 is 17.0 Å². The number of rotatable bonds is 4. The molecule has 0 aliphatic rings. The highest BCUT2D eigenvalue weighted by molar-refractivity contribution is 5.78. The molecule has 4 heteroatoms. The monoisotopic (exact) mass is 274 g/mol. The average Bonchev–Trinajstić information content (AvgIpc) is 2.65. The van der Waals surface area contributed by atoms with Crippen LogP contribution in [0.5, 0.6) is 0 Å². The molecular formula is C16H22N2O2. The van der Waals surface area contributed by atoms with E-state index >= 15 is 0 Å². The number of fused-ring (bicyclic) bond motifs is 1. The Bertz CT molecular complexity index is 658. The van der Waals surface area contributed by atoms with Crippen molar-refractivity contribution in [2.75, 3.05) is 0 Å². The molecular weight excluding hydrogens is 252 g/mol. The van der Waals surface area contributed by atoms with Gasteiger partial charge in [0, 0.05) is 13.5 Å². The molecule has 1 unspecified atom stereocenters. The molecule has 0 saturated carbocycles. The molecule has 1 heterocycles. The molecule has 4 nitrogen and oxygen atoms in total. The maximum Gasteiger partial charge on any atom is 0.310 e. The molecule has 0 amide bonds. The molecule has 0 aliphatic carbocycles. The van der Waals surface area contributed by atoms with E-state index in [0.29, 0.717) is 6.42 Å². The minimum absolute atomic E-state index is 0.0431. The second-order valence-electron chi connectivity index (χ2n) is 6.13. The zero-order valence-corrected chi connectivity index (χ0v) is 12.8. The largest absolute Gasteiger partial charge is 0.481 e. The first-order valence-corrected chi connectivity index (χ1v) is 6.91. The van der Waals surface area contributed by atoms with E-state index in [2.05, 4.69) is 4.98 Å². The van der Waals surface area contributed by atoms with Crippen LogP contribution in [0.2, 0.25) is 0 Å². The van der Waals surface area contributed by atoms with E-state index < -0.39 is 11.4 Å². The third kappa shape index (κ3) is 2.30. The molecule has 0 bridgehead atoms. The van der Waals surface area contributed by atoms with Gasteiger partial charge in [0.25, 0.3) is 0 Å². The lowest BCUT2D eigenvalue weighted by molar-refractivity contribution is -0.150. The van der Waals surface area contributed by atoms with Gasteiger partial charge < -0.3 is 9.67 Å². The van der Waals surface area contributed by atoms with Crippen molar-refractivity contribution in [1.82, 2.24) is 9.55 Å². The quantitative estimate of drug-likeness (QED) is 0.931. The fraction of sp³-hybridized carbons (Fsp3) is 0.500. The molecule has 2 rings (SSSR count). The van der Waals surface area contributed by atoms with Crippen LogP contribution < -0.4 is 0 Å². The summed E-state index contributed by atoms with van der Waals surface area (Å²) in [4.78, 5) is 16.2.